The normalized spacial score (nSPS) is 12.5. The molecular weight excluding hydrogens is 723 g/mol. The summed E-state index contributed by atoms with van der Waals surface area (Å²) in [6.45, 7) is 0. The van der Waals surface area contributed by atoms with Crippen molar-refractivity contribution >= 4 is 113 Å². The highest BCUT2D eigenvalue weighted by atomic mass is 32.1. The van der Waals surface area contributed by atoms with Crippen LogP contribution < -0.4 is 0 Å². The molecule has 9 aromatic carbocycles. The molecule has 0 saturated carbocycles. The van der Waals surface area contributed by atoms with Crippen LogP contribution in [-0.4, -0.2) is 13.5 Å². The zero-order chi connectivity index (χ0) is 37.6. The van der Waals surface area contributed by atoms with Gasteiger partial charge < -0.3 is 13.5 Å². The summed E-state index contributed by atoms with van der Waals surface area (Å²) in [5, 5.41) is 12.9. The Balaban J connectivity index is 0.945. The van der Waals surface area contributed by atoms with Gasteiger partial charge in [0.15, 0.2) is 0 Å². The highest BCUT2D eigenvalue weighted by Gasteiger charge is 2.20. The molecule has 0 spiro atoms. The molecule has 0 saturated heterocycles. The van der Waals surface area contributed by atoms with Crippen molar-refractivity contribution in [3.63, 3.8) is 0 Å². The fourth-order valence-corrected chi connectivity index (χ4v) is 11.4. The monoisotopic (exact) mass is 753 g/mol. The summed E-state index contributed by atoms with van der Waals surface area (Å²) < 4.78 is 10.0. The lowest BCUT2D eigenvalue weighted by Gasteiger charge is -2.10. The minimum atomic E-state index is 1.17. The van der Waals surface area contributed by atoms with Crippen molar-refractivity contribution in [2.75, 3.05) is 0 Å². The van der Waals surface area contributed by atoms with Gasteiger partial charge in [0.1, 0.15) is 0 Å². The summed E-state index contributed by atoms with van der Waals surface area (Å²) in [5.74, 6) is 0. The van der Waals surface area contributed by atoms with Crippen LogP contribution in [-0.2, 0) is 0 Å². The molecule has 0 radical (unpaired) electrons. The molecule has 0 aliphatic rings. The molecule has 0 amide bonds. The maximum Gasteiger partial charge on any atom is 0.0620 e. The molecule has 0 bridgehead atoms. The largest absolute Gasteiger partial charge is 0.309 e. The number of hydrogen-bond donors (Lipinski definition) is 0. The van der Waals surface area contributed by atoms with Crippen molar-refractivity contribution in [3.05, 3.63) is 188 Å². The van der Waals surface area contributed by atoms with Crippen LogP contribution >= 0.6 is 11.3 Å². The van der Waals surface area contributed by atoms with Crippen molar-refractivity contribution in [3.8, 4) is 22.5 Å². The maximum absolute atomic E-state index is 2.47. The summed E-state index contributed by atoms with van der Waals surface area (Å²) in [5.41, 5.74) is 13.4. The minimum Gasteiger partial charge on any atom is -0.309 e. The number of benzene rings is 9. The topological polar surface area (TPSA) is 14.3 Å². The van der Waals surface area contributed by atoms with E-state index in [2.05, 4.69) is 202 Å². The molecule has 268 valence electrons. The summed E-state index contributed by atoms with van der Waals surface area (Å²) in [7, 11) is 0. The van der Waals surface area contributed by atoms with Gasteiger partial charge in [0, 0.05) is 74.6 Å². The first-order valence-electron chi connectivity index (χ1n) is 19.9. The van der Waals surface area contributed by atoms with Crippen molar-refractivity contribution in [2.45, 2.75) is 0 Å². The van der Waals surface area contributed by atoms with Crippen molar-refractivity contribution < 1.29 is 0 Å². The molecule has 0 fully saturated rings. The van der Waals surface area contributed by atoms with E-state index in [1.807, 2.05) is 11.3 Å². The Morgan fingerprint density at radius 2 is 0.741 bits per heavy atom. The van der Waals surface area contributed by atoms with Gasteiger partial charge in [-0.25, -0.2) is 0 Å². The molecule has 14 rings (SSSR count). The van der Waals surface area contributed by atoms with Crippen LogP contribution in [0.15, 0.2) is 188 Å². The Bertz CT molecular complexity index is 4040. The SMILES string of the molecule is c1ccc2c(c1)sc1cc(-n3c4ccccc4c4cc(-c5ccc6c(c5)c5ccccc5n6-c5ccc6c7cccc8c9ccccc9n(c6c5)c87)ccc43)ccc12. The maximum atomic E-state index is 2.47. The van der Waals surface area contributed by atoms with Gasteiger partial charge in [0.25, 0.3) is 0 Å². The third-order valence-corrected chi connectivity index (χ3v) is 13.9. The first kappa shape index (κ1) is 30.8. The molecule has 5 aromatic heterocycles. The minimum absolute atomic E-state index is 1.17. The van der Waals surface area contributed by atoms with E-state index in [-0.39, 0.29) is 0 Å². The second-order valence-corrected chi connectivity index (χ2v) is 16.8. The standard InChI is InChI=1S/C54H31N3S/c1-7-18-48-36(10-1)42-14-9-15-43-39-24-22-34(30-51(39)57(48)54(42)43)55-46-16-5-2-11-37(46)44-28-32(20-26-49(44)55)33-21-27-50-45(29-33)38-12-3-6-17-47(38)56(50)35-23-25-41-40-13-4-8-19-52(40)58-53(41)31-35/h1-31H. The lowest BCUT2D eigenvalue weighted by molar-refractivity contribution is 1.18. The average molecular weight is 754 g/mol. The van der Waals surface area contributed by atoms with E-state index in [0.717, 1.165) is 0 Å². The molecule has 0 atom stereocenters. The van der Waals surface area contributed by atoms with Crippen LogP contribution in [0.25, 0.3) is 124 Å². The number of aromatic nitrogens is 3. The quantitative estimate of drug-likeness (QED) is 0.171. The molecule has 0 aliphatic carbocycles. The van der Waals surface area contributed by atoms with Gasteiger partial charge in [-0.15, -0.1) is 11.3 Å². The Hall–Kier alpha value is -7.40. The molecule has 4 heteroatoms. The second kappa shape index (κ2) is 11.1. The van der Waals surface area contributed by atoms with Gasteiger partial charge in [-0.3, -0.25) is 0 Å². The number of hydrogen-bond acceptors (Lipinski definition) is 1. The zero-order valence-corrected chi connectivity index (χ0v) is 32.0. The number of fused-ring (bicyclic) bond motifs is 15. The fraction of sp³-hybridized carbons (Fsp3) is 0. The summed E-state index contributed by atoms with van der Waals surface area (Å²) in [6, 6.07) is 70.0. The molecule has 58 heavy (non-hydrogen) atoms. The summed E-state index contributed by atoms with van der Waals surface area (Å²) in [6.07, 6.45) is 0. The lowest BCUT2D eigenvalue weighted by Crippen LogP contribution is -1.94. The van der Waals surface area contributed by atoms with Gasteiger partial charge in [-0.2, -0.15) is 0 Å². The van der Waals surface area contributed by atoms with Gasteiger partial charge in [0.05, 0.1) is 38.6 Å². The molecule has 0 N–H and O–H groups in total. The van der Waals surface area contributed by atoms with Crippen molar-refractivity contribution in [1.29, 1.82) is 0 Å². The number of nitrogens with zero attached hydrogens (tertiary/aromatic N) is 3. The molecule has 0 unspecified atom stereocenters. The van der Waals surface area contributed by atoms with Gasteiger partial charge in [-0.1, -0.05) is 115 Å². The van der Waals surface area contributed by atoms with E-state index >= 15 is 0 Å². The average Bonchev–Trinajstić information content (AvgIpc) is 4.08. The number of thiophene rings is 1. The first-order valence-corrected chi connectivity index (χ1v) is 20.7. The lowest BCUT2D eigenvalue weighted by atomic mass is 10.0. The van der Waals surface area contributed by atoms with E-state index in [4.69, 9.17) is 0 Å². The summed E-state index contributed by atoms with van der Waals surface area (Å²) in [4.78, 5) is 0. The molecule has 14 aromatic rings. The zero-order valence-electron chi connectivity index (χ0n) is 31.1. The van der Waals surface area contributed by atoms with Crippen LogP contribution in [0.1, 0.15) is 0 Å². The first-order chi connectivity index (χ1) is 28.8. The van der Waals surface area contributed by atoms with E-state index in [0.29, 0.717) is 0 Å². The highest BCUT2D eigenvalue weighted by molar-refractivity contribution is 7.25. The van der Waals surface area contributed by atoms with Gasteiger partial charge in [-0.05, 0) is 83.9 Å². The predicted octanol–water partition coefficient (Wildman–Crippen LogP) is 15.1. The Morgan fingerprint density at radius 1 is 0.276 bits per heavy atom. The number of rotatable bonds is 3. The Kier molecular flexibility index (Phi) is 5.91. The van der Waals surface area contributed by atoms with Crippen LogP contribution in [0.2, 0.25) is 0 Å². The van der Waals surface area contributed by atoms with Crippen LogP contribution in [0.5, 0.6) is 0 Å². The fourth-order valence-electron chi connectivity index (χ4n) is 10.3. The van der Waals surface area contributed by atoms with E-state index in [1.54, 1.807) is 0 Å². The Morgan fingerprint density at radius 3 is 1.40 bits per heavy atom. The smallest absolute Gasteiger partial charge is 0.0620 e. The van der Waals surface area contributed by atoms with Gasteiger partial charge >= 0.3 is 0 Å². The molecule has 5 heterocycles. The summed E-state index contributed by atoms with van der Waals surface area (Å²) >= 11 is 1.87. The third-order valence-electron chi connectivity index (χ3n) is 12.8. The third kappa shape index (κ3) is 3.97. The molecule has 3 nitrogen and oxygen atoms in total. The second-order valence-electron chi connectivity index (χ2n) is 15.7. The Labute approximate surface area is 335 Å². The van der Waals surface area contributed by atoms with Crippen LogP contribution in [0, 0.1) is 0 Å². The van der Waals surface area contributed by atoms with E-state index in [1.165, 1.54) is 124 Å². The molecular formula is C54H31N3S. The van der Waals surface area contributed by atoms with Crippen molar-refractivity contribution in [2.24, 2.45) is 0 Å². The van der Waals surface area contributed by atoms with E-state index < -0.39 is 0 Å². The van der Waals surface area contributed by atoms with Crippen molar-refractivity contribution in [1.82, 2.24) is 13.5 Å². The van der Waals surface area contributed by atoms with Gasteiger partial charge in [0.2, 0.25) is 0 Å². The number of para-hydroxylation sites is 4. The predicted molar refractivity (Wildman–Crippen MR) is 248 cm³/mol. The molecule has 0 aliphatic heterocycles. The van der Waals surface area contributed by atoms with Crippen LogP contribution in [0.3, 0.4) is 0 Å². The van der Waals surface area contributed by atoms with Crippen LogP contribution in [0.4, 0.5) is 0 Å². The van der Waals surface area contributed by atoms with E-state index in [9.17, 15) is 0 Å². The highest BCUT2D eigenvalue weighted by Crippen LogP contribution is 2.43.